The van der Waals surface area contributed by atoms with Crippen molar-refractivity contribution in [3.63, 3.8) is 0 Å². The Labute approximate surface area is 185 Å². The first kappa shape index (κ1) is 21.8. The summed E-state index contributed by atoms with van der Waals surface area (Å²) in [7, 11) is 1.87. The van der Waals surface area contributed by atoms with Gasteiger partial charge in [0.15, 0.2) is 5.96 Å². The highest BCUT2D eigenvalue weighted by molar-refractivity contribution is 5.80. The molecule has 1 N–H and O–H groups in total. The summed E-state index contributed by atoms with van der Waals surface area (Å²) in [5.41, 5.74) is 3.63. The summed E-state index contributed by atoms with van der Waals surface area (Å²) >= 11 is 0. The predicted octanol–water partition coefficient (Wildman–Crippen LogP) is 2.89. The molecule has 31 heavy (non-hydrogen) atoms. The van der Waals surface area contributed by atoms with Crippen molar-refractivity contribution in [3.8, 4) is 0 Å². The topological polar surface area (TPSA) is 49.3 Å². The third-order valence-corrected chi connectivity index (χ3v) is 6.06. The number of nitrogens with zero attached hydrogens (tertiary/aromatic N) is 3. The summed E-state index contributed by atoms with van der Waals surface area (Å²) in [6.45, 7) is 7.90. The third kappa shape index (κ3) is 6.29. The van der Waals surface area contributed by atoms with E-state index >= 15 is 0 Å². The third-order valence-electron chi connectivity index (χ3n) is 6.06. The van der Waals surface area contributed by atoms with E-state index in [9.17, 15) is 0 Å². The SMILES string of the molecule is CN=C(NCc1cccc(COCc2ccccc2)c1)N1CCC(N2CCOCC2)C1. The Morgan fingerprint density at radius 1 is 1.00 bits per heavy atom. The largest absolute Gasteiger partial charge is 0.379 e. The van der Waals surface area contributed by atoms with Crippen LogP contribution in [0.4, 0.5) is 0 Å². The van der Waals surface area contributed by atoms with Crippen LogP contribution in [0.15, 0.2) is 59.6 Å². The van der Waals surface area contributed by atoms with Crippen LogP contribution < -0.4 is 5.32 Å². The van der Waals surface area contributed by atoms with Crippen LogP contribution in [0.1, 0.15) is 23.1 Å². The number of aliphatic imine (C=N–C) groups is 1. The molecule has 6 heteroatoms. The van der Waals surface area contributed by atoms with Gasteiger partial charge in [0.2, 0.25) is 0 Å². The number of guanidine groups is 1. The van der Waals surface area contributed by atoms with Crippen molar-refractivity contribution >= 4 is 5.96 Å². The van der Waals surface area contributed by atoms with Gasteiger partial charge in [-0.3, -0.25) is 9.89 Å². The fourth-order valence-electron chi connectivity index (χ4n) is 4.38. The molecule has 0 amide bonds. The molecular weight excluding hydrogens is 388 g/mol. The molecule has 2 aromatic rings. The zero-order valence-electron chi connectivity index (χ0n) is 18.5. The number of nitrogens with one attached hydrogen (secondary N) is 1. The lowest BCUT2D eigenvalue weighted by atomic mass is 10.1. The summed E-state index contributed by atoms with van der Waals surface area (Å²) in [5, 5.41) is 3.55. The van der Waals surface area contributed by atoms with Crippen molar-refractivity contribution in [2.24, 2.45) is 4.99 Å². The van der Waals surface area contributed by atoms with Crippen molar-refractivity contribution in [1.82, 2.24) is 15.1 Å². The minimum atomic E-state index is 0.604. The first-order chi connectivity index (χ1) is 15.3. The molecule has 0 radical (unpaired) electrons. The first-order valence-corrected chi connectivity index (χ1v) is 11.3. The van der Waals surface area contributed by atoms with E-state index in [0.29, 0.717) is 19.3 Å². The maximum Gasteiger partial charge on any atom is 0.193 e. The number of morpholine rings is 1. The molecule has 2 aromatic carbocycles. The van der Waals surface area contributed by atoms with Gasteiger partial charge in [0.1, 0.15) is 0 Å². The Bertz CT molecular complexity index is 836. The first-order valence-electron chi connectivity index (χ1n) is 11.3. The summed E-state index contributed by atoms with van der Waals surface area (Å²) in [6.07, 6.45) is 1.19. The zero-order valence-corrected chi connectivity index (χ0v) is 18.5. The molecule has 0 bridgehead atoms. The highest BCUT2D eigenvalue weighted by atomic mass is 16.5. The van der Waals surface area contributed by atoms with Gasteiger partial charge in [-0.15, -0.1) is 0 Å². The van der Waals surface area contributed by atoms with E-state index in [2.05, 4.69) is 56.5 Å². The summed E-state index contributed by atoms with van der Waals surface area (Å²) < 4.78 is 11.4. The van der Waals surface area contributed by atoms with Gasteiger partial charge < -0.3 is 19.7 Å². The van der Waals surface area contributed by atoms with Crippen molar-refractivity contribution in [1.29, 1.82) is 0 Å². The maximum absolute atomic E-state index is 5.89. The molecule has 0 saturated carbocycles. The van der Waals surface area contributed by atoms with Crippen LogP contribution in [0.3, 0.4) is 0 Å². The van der Waals surface area contributed by atoms with E-state index in [1.54, 1.807) is 0 Å². The van der Waals surface area contributed by atoms with E-state index in [1.807, 2.05) is 25.2 Å². The van der Waals surface area contributed by atoms with Crippen molar-refractivity contribution in [2.75, 3.05) is 46.4 Å². The molecule has 0 aromatic heterocycles. The Morgan fingerprint density at radius 3 is 2.55 bits per heavy atom. The highest BCUT2D eigenvalue weighted by Crippen LogP contribution is 2.17. The quantitative estimate of drug-likeness (QED) is 0.549. The number of benzene rings is 2. The lowest BCUT2D eigenvalue weighted by Gasteiger charge is -2.32. The standard InChI is InChI=1S/C25H34N4O2/c1-26-25(29-11-10-24(18-29)28-12-14-30-15-13-28)27-17-22-8-5-9-23(16-22)20-31-19-21-6-3-2-4-7-21/h2-9,16,24H,10-15,17-20H2,1H3,(H,26,27). The lowest BCUT2D eigenvalue weighted by Crippen LogP contribution is -2.46. The molecule has 1 atom stereocenters. The fourth-order valence-corrected chi connectivity index (χ4v) is 4.38. The highest BCUT2D eigenvalue weighted by Gasteiger charge is 2.30. The van der Waals surface area contributed by atoms with Gasteiger partial charge in [0.05, 0.1) is 26.4 Å². The predicted molar refractivity (Wildman–Crippen MR) is 124 cm³/mol. The summed E-state index contributed by atoms with van der Waals surface area (Å²) in [5.74, 6) is 0.987. The number of ether oxygens (including phenoxy) is 2. The van der Waals surface area contributed by atoms with E-state index < -0.39 is 0 Å². The summed E-state index contributed by atoms with van der Waals surface area (Å²) in [4.78, 5) is 9.48. The average Bonchev–Trinajstić information content (AvgIpc) is 3.31. The maximum atomic E-state index is 5.89. The van der Waals surface area contributed by atoms with Gasteiger partial charge in [-0.05, 0) is 23.1 Å². The van der Waals surface area contributed by atoms with Crippen LogP contribution in [0.5, 0.6) is 0 Å². The smallest absolute Gasteiger partial charge is 0.193 e. The second-order valence-corrected chi connectivity index (χ2v) is 8.24. The number of likely N-dealkylation sites (tertiary alicyclic amines) is 1. The number of hydrogen-bond acceptors (Lipinski definition) is 4. The molecule has 0 aliphatic carbocycles. The zero-order chi connectivity index (χ0) is 21.3. The molecule has 2 aliphatic rings. The molecule has 4 rings (SSSR count). The molecule has 2 heterocycles. The van der Waals surface area contributed by atoms with Gasteiger partial charge >= 0.3 is 0 Å². The molecule has 1 unspecified atom stereocenters. The van der Waals surface area contributed by atoms with Gasteiger partial charge in [-0.2, -0.15) is 0 Å². The summed E-state index contributed by atoms with van der Waals surface area (Å²) in [6, 6.07) is 19.5. The minimum absolute atomic E-state index is 0.604. The van der Waals surface area contributed by atoms with Crippen LogP contribution in [-0.4, -0.2) is 68.2 Å². The van der Waals surface area contributed by atoms with Crippen molar-refractivity contribution in [3.05, 3.63) is 71.3 Å². The average molecular weight is 423 g/mol. The second kappa shape index (κ2) is 11.3. The van der Waals surface area contributed by atoms with E-state index in [0.717, 1.165) is 51.9 Å². The lowest BCUT2D eigenvalue weighted by molar-refractivity contribution is 0.0195. The number of rotatable bonds is 7. The molecule has 6 nitrogen and oxygen atoms in total. The van der Waals surface area contributed by atoms with E-state index in [4.69, 9.17) is 9.47 Å². The van der Waals surface area contributed by atoms with Crippen molar-refractivity contribution < 1.29 is 9.47 Å². The Hall–Kier alpha value is -2.41. The molecule has 0 spiro atoms. The molecular formula is C25H34N4O2. The van der Waals surface area contributed by atoms with Crippen LogP contribution >= 0.6 is 0 Å². The van der Waals surface area contributed by atoms with Gasteiger partial charge in [-0.25, -0.2) is 0 Å². The number of hydrogen-bond donors (Lipinski definition) is 1. The Kier molecular flexibility index (Phi) is 7.93. The van der Waals surface area contributed by atoms with Gasteiger partial charge in [0.25, 0.3) is 0 Å². The van der Waals surface area contributed by atoms with Gasteiger partial charge in [0, 0.05) is 45.8 Å². The Morgan fingerprint density at radius 2 is 1.74 bits per heavy atom. The minimum Gasteiger partial charge on any atom is -0.379 e. The van der Waals surface area contributed by atoms with Crippen LogP contribution in [0.25, 0.3) is 0 Å². The van der Waals surface area contributed by atoms with Crippen LogP contribution in [0, 0.1) is 0 Å². The monoisotopic (exact) mass is 422 g/mol. The van der Waals surface area contributed by atoms with Crippen molar-refractivity contribution in [2.45, 2.75) is 32.2 Å². The van der Waals surface area contributed by atoms with E-state index in [1.165, 1.54) is 23.1 Å². The van der Waals surface area contributed by atoms with Crippen LogP contribution in [0.2, 0.25) is 0 Å². The molecule has 2 fully saturated rings. The molecule has 2 saturated heterocycles. The molecule has 166 valence electrons. The second-order valence-electron chi connectivity index (χ2n) is 8.24. The Balaban J connectivity index is 1.24. The van der Waals surface area contributed by atoms with E-state index in [-0.39, 0.29) is 0 Å². The van der Waals surface area contributed by atoms with Crippen LogP contribution in [-0.2, 0) is 29.2 Å². The fraction of sp³-hybridized carbons (Fsp3) is 0.480. The van der Waals surface area contributed by atoms with Gasteiger partial charge in [-0.1, -0.05) is 54.6 Å². The molecule has 2 aliphatic heterocycles. The normalized spacial score (nSPS) is 20.2.